The molecule has 0 radical (unpaired) electrons. The molecule has 1 aromatic rings. The maximum absolute atomic E-state index is 12.8. The van der Waals surface area contributed by atoms with Crippen LogP contribution in [-0.2, 0) is 16.6 Å². The topological polar surface area (TPSA) is 49.4 Å². The van der Waals surface area contributed by atoms with Crippen molar-refractivity contribution in [2.75, 3.05) is 20.6 Å². The Morgan fingerprint density at radius 3 is 2.52 bits per heavy atom. The van der Waals surface area contributed by atoms with E-state index < -0.39 is 10.0 Å². The Bertz CT molecular complexity index is 588. The van der Waals surface area contributed by atoms with Gasteiger partial charge in [-0.2, -0.15) is 0 Å². The lowest BCUT2D eigenvalue weighted by atomic mass is 10.1. The number of rotatable bonds is 7. The summed E-state index contributed by atoms with van der Waals surface area (Å²) in [7, 11) is 0.0340. The fourth-order valence-corrected chi connectivity index (χ4v) is 4.34. The van der Waals surface area contributed by atoms with Crippen LogP contribution in [0.4, 0.5) is 0 Å². The van der Waals surface area contributed by atoms with Gasteiger partial charge in [-0.15, -0.1) is 0 Å². The molecule has 1 unspecified atom stereocenters. The molecule has 0 spiro atoms. The molecule has 0 fully saturated rings. The summed E-state index contributed by atoms with van der Waals surface area (Å²) in [4.78, 5) is 0.382. The van der Waals surface area contributed by atoms with Gasteiger partial charge in [-0.05, 0) is 43.1 Å². The number of nitrogens with one attached hydrogen (secondary N) is 1. The van der Waals surface area contributed by atoms with Crippen molar-refractivity contribution in [3.8, 4) is 0 Å². The molecule has 0 saturated carbocycles. The van der Waals surface area contributed by atoms with Gasteiger partial charge in [0, 0.05) is 24.6 Å². The molecule has 1 atom stereocenters. The Morgan fingerprint density at radius 1 is 1.38 bits per heavy atom. The lowest BCUT2D eigenvalue weighted by molar-refractivity contribution is 0.393. The van der Waals surface area contributed by atoms with Gasteiger partial charge in [-0.1, -0.05) is 36.2 Å². The summed E-state index contributed by atoms with van der Waals surface area (Å²) in [5, 5.41) is 3.05. The van der Waals surface area contributed by atoms with E-state index in [4.69, 9.17) is 0 Å². The van der Waals surface area contributed by atoms with Crippen molar-refractivity contribution in [3.63, 3.8) is 0 Å². The second-order valence-corrected chi connectivity index (χ2v) is 8.40. The largest absolute Gasteiger partial charge is 0.316 e. The Labute approximate surface area is 137 Å². The zero-order valence-corrected chi connectivity index (χ0v) is 15.8. The van der Waals surface area contributed by atoms with Crippen LogP contribution in [0.25, 0.3) is 0 Å². The second kappa shape index (κ2) is 7.72. The normalized spacial score (nSPS) is 13.7. The van der Waals surface area contributed by atoms with Gasteiger partial charge in [-0.3, -0.25) is 0 Å². The molecule has 1 rings (SSSR count). The molecule has 0 aliphatic carbocycles. The van der Waals surface area contributed by atoms with Crippen molar-refractivity contribution < 1.29 is 8.42 Å². The van der Waals surface area contributed by atoms with Crippen molar-refractivity contribution in [1.29, 1.82) is 0 Å². The number of hydrogen-bond acceptors (Lipinski definition) is 3. The maximum Gasteiger partial charge on any atom is 0.243 e. The summed E-state index contributed by atoms with van der Waals surface area (Å²) < 4.78 is 27.9. The van der Waals surface area contributed by atoms with E-state index in [1.807, 2.05) is 20.0 Å². The average molecular weight is 377 g/mol. The quantitative estimate of drug-likeness (QED) is 0.794. The van der Waals surface area contributed by atoms with E-state index in [0.717, 1.165) is 22.0 Å². The minimum absolute atomic E-state index is 0.342. The van der Waals surface area contributed by atoms with Gasteiger partial charge in [0.1, 0.15) is 0 Å². The van der Waals surface area contributed by atoms with Gasteiger partial charge in [0.2, 0.25) is 10.0 Å². The highest BCUT2D eigenvalue weighted by Crippen LogP contribution is 2.28. The molecule has 0 heterocycles. The van der Waals surface area contributed by atoms with Crippen LogP contribution >= 0.6 is 15.9 Å². The van der Waals surface area contributed by atoms with Gasteiger partial charge in [-0.25, -0.2) is 12.7 Å². The number of nitrogens with zero attached hydrogens (tertiary/aromatic N) is 1. The lowest BCUT2D eigenvalue weighted by Crippen LogP contribution is -2.31. The van der Waals surface area contributed by atoms with E-state index in [1.54, 1.807) is 13.1 Å². The molecular weight excluding hydrogens is 352 g/mol. The molecule has 0 amide bonds. The van der Waals surface area contributed by atoms with E-state index in [0.29, 0.717) is 23.9 Å². The van der Waals surface area contributed by atoms with E-state index in [-0.39, 0.29) is 0 Å². The zero-order valence-electron chi connectivity index (χ0n) is 13.4. The molecule has 1 aromatic carbocycles. The molecule has 6 heteroatoms. The Hall–Kier alpha value is -0.430. The predicted octanol–water partition coefficient (Wildman–Crippen LogP) is 3.14. The lowest BCUT2D eigenvalue weighted by Gasteiger charge is -2.22. The first-order valence-electron chi connectivity index (χ1n) is 7.14. The first-order chi connectivity index (χ1) is 9.73. The van der Waals surface area contributed by atoms with Crippen LogP contribution < -0.4 is 5.32 Å². The third-order valence-corrected chi connectivity index (χ3v) is 6.46. The molecule has 4 nitrogen and oxygen atoms in total. The van der Waals surface area contributed by atoms with Gasteiger partial charge in [0.25, 0.3) is 0 Å². The maximum atomic E-state index is 12.8. The van der Waals surface area contributed by atoms with Crippen LogP contribution in [0.15, 0.2) is 21.5 Å². The van der Waals surface area contributed by atoms with Gasteiger partial charge >= 0.3 is 0 Å². The highest BCUT2D eigenvalue weighted by Gasteiger charge is 2.25. The number of halogens is 1. The fraction of sp³-hybridized carbons (Fsp3) is 0.600. The highest BCUT2D eigenvalue weighted by molar-refractivity contribution is 9.10. The molecule has 0 aliphatic rings. The first-order valence-corrected chi connectivity index (χ1v) is 9.37. The summed E-state index contributed by atoms with van der Waals surface area (Å²) in [6.45, 7) is 7.13. The Balaban J connectivity index is 3.24. The number of sulfonamides is 1. The van der Waals surface area contributed by atoms with Gasteiger partial charge < -0.3 is 5.32 Å². The minimum atomic E-state index is -3.46. The van der Waals surface area contributed by atoms with Gasteiger partial charge in [0.05, 0.1) is 4.90 Å². The van der Waals surface area contributed by atoms with Crippen LogP contribution in [0.3, 0.4) is 0 Å². The summed E-state index contributed by atoms with van der Waals surface area (Å²) in [6, 6.07) is 3.72. The summed E-state index contributed by atoms with van der Waals surface area (Å²) >= 11 is 3.46. The van der Waals surface area contributed by atoms with E-state index >= 15 is 0 Å². The molecule has 0 aliphatic heterocycles. The fourth-order valence-electron chi connectivity index (χ4n) is 2.12. The summed E-state index contributed by atoms with van der Waals surface area (Å²) in [6.07, 6.45) is 0.961. The van der Waals surface area contributed by atoms with Crippen molar-refractivity contribution in [1.82, 2.24) is 9.62 Å². The van der Waals surface area contributed by atoms with E-state index in [2.05, 4.69) is 35.1 Å². The Kier molecular flexibility index (Phi) is 6.84. The zero-order chi connectivity index (χ0) is 16.2. The van der Waals surface area contributed by atoms with Crippen LogP contribution in [-0.4, -0.2) is 33.4 Å². The standard InChI is InChI=1S/C15H25BrN2O2S/c1-6-11(2)10-18(5)21(19,20)15-8-13(9-17-4)7-14(16)12(15)3/h7-8,11,17H,6,9-10H2,1-5H3. The van der Waals surface area contributed by atoms with Crippen molar-refractivity contribution >= 4 is 26.0 Å². The first kappa shape index (κ1) is 18.6. The third-order valence-electron chi connectivity index (χ3n) is 3.69. The molecule has 0 aromatic heterocycles. The summed E-state index contributed by atoms with van der Waals surface area (Å²) in [5.74, 6) is 0.342. The minimum Gasteiger partial charge on any atom is -0.316 e. The molecule has 0 bridgehead atoms. The molecule has 120 valence electrons. The highest BCUT2D eigenvalue weighted by atomic mass is 79.9. The SMILES string of the molecule is CCC(C)CN(C)S(=O)(=O)c1cc(CNC)cc(Br)c1C. The number of benzene rings is 1. The Morgan fingerprint density at radius 2 is 2.00 bits per heavy atom. The monoisotopic (exact) mass is 376 g/mol. The second-order valence-electron chi connectivity index (χ2n) is 5.53. The third kappa shape index (κ3) is 4.52. The van der Waals surface area contributed by atoms with Crippen molar-refractivity contribution in [2.24, 2.45) is 5.92 Å². The molecule has 0 saturated heterocycles. The predicted molar refractivity (Wildman–Crippen MR) is 90.9 cm³/mol. The van der Waals surface area contributed by atoms with Crippen LogP contribution in [0, 0.1) is 12.8 Å². The molecule has 21 heavy (non-hydrogen) atoms. The molecular formula is C15H25BrN2O2S. The van der Waals surface area contributed by atoms with Crippen LogP contribution in [0.2, 0.25) is 0 Å². The summed E-state index contributed by atoms with van der Waals surface area (Å²) in [5.41, 5.74) is 1.70. The van der Waals surface area contributed by atoms with Crippen LogP contribution in [0.5, 0.6) is 0 Å². The van der Waals surface area contributed by atoms with Crippen molar-refractivity contribution in [3.05, 3.63) is 27.7 Å². The van der Waals surface area contributed by atoms with Crippen molar-refractivity contribution in [2.45, 2.75) is 38.6 Å². The van der Waals surface area contributed by atoms with Crippen LogP contribution in [0.1, 0.15) is 31.4 Å². The number of hydrogen-bond donors (Lipinski definition) is 1. The van der Waals surface area contributed by atoms with E-state index in [9.17, 15) is 8.42 Å². The van der Waals surface area contributed by atoms with Gasteiger partial charge in [0.15, 0.2) is 0 Å². The molecule has 1 N–H and O–H groups in total. The van der Waals surface area contributed by atoms with E-state index in [1.165, 1.54) is 4.31 Å². The smallest absolute Gasteiger partial charge is 0.243 e. The average Bonchev–Trinajstić information content (AvgIpc) is 2.42.